The largest absolute Gasteiger partial charge is 0.480 e. The molecule has 1 saturated carbocycles. The van der Waals surface area contributed by atoms with E-state index in [2.05, 4.69) is 5.32 Å². The Balaban J connectivity index is 1.85. The molecule has 1 aromatic rings. The second-order valence-corrected chi connectivity index (χ2v) is 6.75. The SMILES string of the molecule is O=C(O)CN(Cc1ccc(F)cc1)C(=O)CNC(=O)CC1CCCCC1. The van der Waals surface area contributed by atoms with E-state index in [-0.39, 0.29) is 19.0 Å². The van der Waals surface area contributed by atoms with Gasteiger partial charge < -0.3 is 15.3 Å². The smallest absolute Gasteiger partial charge is 0.323 e. The molecule has 142 valence electrons. The quantitative estimate of drug-likeness (QED) is 0.741. The summed E-state index contributed by atoms with van der Waals surface area (Å²) in [5.41, 5.74) is 0.620. The number of carboxylic acids is 1. The molecule has 26 heavy (non-hydrogen) atoms. The van der Waals surface area contributed by atoms with Crippen LogP contribution in [0.1, 0.15) is 44.1 Å². The van der Waals surface area contributed by atoms with E-state index >= 15 is 0 Å². The zero-order chi connectivity index (χ0) is 18.9. The zero-order valence-corrected chi connectivity index (χ0v) is 14.7. The average molecular weight is 364 g/mol. The van der Waals surface area contributed by atoms with E-state index in [0.717, 1.165) is 30.6 Å². The molecule has 0 heterocycles. The van der Waals surface area contributed by atoms with Crippen LogP contribution in [0.3, 0.4) is 0 Å². The molecule has 0 spiro atoms. The molecule has 0 radical (unpaired) electrons. The Labute approximate surface area is 152 Å². The van der Waals surface area contributed by atoms with E-state index in [9.17, 15) is 18.8 Å². The number of halogens is 1. The van der Waals surface area contributed by atoms with Crippen molar-refractivity contribution in [2.75, 3.05) is 13.1 Å². The van der Waals surface area contributed by atoms with Crippen molar-refractivity contribution in [3.63, 3.8) is 0 Å². The van der Waals surface area contributed by atoms with Gasteiger partial charge in [0.05, 0.1) is 6.54 Å². The highest BCUT2D eigenvalue weighted by atomic mass is 19.1. The molecule has 1 aromatic carbocycles. The highest BCUT2D eigenvalue weighted by Gasteiger charge is 2.20. The van der Waals surface area contributed by atoms with Crippen LogP contribution in [0.2, 0.25) is 0 Å². The highest BCUT2D eigenvalue weighted by Crippen LogP contribution is 2.25. The molecule has 2 N–H and O–H groups in total. The maximum atomic E-state index is 13.0. The number of aliphatic carboxylic acids is 1. The number of carboxylic acid groups (broad SMARTS) is 1. The summed E-state index contributed by atoms with van der Waals surface area (Å²) in [6.07, 6.45) is 5.98. The molecular formula is C19H25FN2O4. The molecule has 1 aliphatic rings. The van der Waals surface area contributed by atoms with Gasteiger partial charge in [-0.1, -0.05) is 31.4 Å². The Morgan fingerprint density at radius 3 is 2.38 bits per heavy atom. The Morgan fingerprint density at radius 2 is 1.77 bits per heavy atom. The summed E-state index contributed by atoms with van der Waals surface area (Å²) in [7, 11) is 0. The summed E-state index contributed by atoms with van der Waals surface area (Å²) in [5, 5.41) is 11.6. The number of hydrogen-bond donors (Lipinski definition) is 2. The monoisotopic (exact) mass is 364 g/mol. The number of nitrogens with zero attached hydrogens (tertiary/aromatic N) is 1. The number of amides is 2. The molecule has 0 atom stereocenters. The minimum atomic E-state index is -1.14. The van der Waals surface area contributed by atoms with E-state index in [1.807, 2.05) is 0 Å². The van der Waals surface area contributed by atoms with Crippen LogP contribution < -0.4 is 5.32 Å². The molecular weight excluding hydrogens is 339 g/mol. The van der Waals surface area contributed by atoms with Crippen molar-refractivity contribution in [3.05, 3.63) is 35.6 Å². The van der Waals surface area contributed by atoms with E-state index in [1.54, 1.807) is 0 Å². The summed E-state index contributed by atoms with van der Waals surface area (Å²) < 4.78 is 13.0. The molecule has 1 fully saturated rings. The van der Waals surface area contributed by atoms with Gasteiger partial charge in [-0.25, -0.2) is 4.39 Å². The Hall–Kier alpha value is -2.44. The van der Waals surface area contributed by atoms with Crippen LogP contribution in [0.25, 0.3) is 0 Å². The second-order valence-electron chi connectivity index (χ2n) is 6.75. The molecule has 2 amide bonds. The summed E-state index contributed by atoms with van der Waals surface area (Å²) in [6.45, 7) is -0.668. The van der Waals surface area contributed by atoms with Gasteiger partial charge in [-0.05, 0) is 36.5 Å². The molecule has 0 unspecified atom stereocenters. The van der Waals surface area contributed by atoms with Crippen LogP contribution in [-0.4, -0.2) is 40.9 Å². The fraction of sp³-hybridized carbons (Fsp3) is 0.526. The zero-order valence-electron chi connectivity index (χ0n) is 14.7. The van der Waals surface area contributed by atoms with Gasteiger partial charge in [-0.15, -0.1) is 0 Å². The van der Waals surface area contributed by atoms with Gasteiger partial charge in [-0.3, -0.25) is 14.4 Å². The van der Waals surface area contributed by atoms with E-state index in [4.69, 9.17) is 5.11 Å². The van der Waals surface area contributed by atoms with Crippen LogP contribution >= 0.6 is 0 Å². The first-order valence-corrected chi connectivity index (χ1v) is 8.94. The number of carbonyl (C=O) groups is 3. The molecule has 0 bridgehead atoms. The van der Waals surface area contributed by atoms with Crippen LogP contribution in [0.5, 0.6) is 0 Å². The van der Waals surface area contributed by atoms with Crippen molar-refractivity contribution >= 4 is 17.8 Å². The molecule has 6 nitrogen and oxygen atoms in total. The second kappa shape index (κ2) is 9.89. The number of benzene rings is 1. The lowest BCUT2D eigenvalue weighted by molar-refractivity contribution is -0.144. The van der Waals surface area contributed by atoms with Crippen molar-refractivity contribution < 1.29 is 23.9 Å². The normalized spacial score (nSPS) is 14.7. The molecule has 1 aliphatic carbocycles. The summed E-state index contributed by atoms with van der Waals surface area (Å²) >= 11 is 0. The number of hydrogen-bond acceptors (Lipinski definition) is 3. The van der Waals surface area contributed by atoms with Gasteiger partial charge in [0.25, 0.3) is 0 Å². The van der Waals surface area contributed by atoms with Gasteiger partial charge in [0, 0.05) is 13.0 Å². The third kappa shape index (κ3) is 6.82. The third-order valence-electron chi connectivity index (χ3n) is 4.60. The van der Waals surface area contributed by atoms with Crippen LogP contribution in [0.4, 0.5) is 4.39 Å². The molecule has 0 saturated heterocycles. The Morgan fingerprint density at radius 1 is 1.12 bits per heavy atom. The average Bonchev–Trinajstić information content (AvgIpc) is 2.61. The van der Waals surface area contributed by atoms with Gasteiger partial charge in [0.1, 0.15) is 12.4 Å². The first-order chi connectivity index (χ1) is 12.4. The van der Waals surface area contributed by atoms with E-state index in [1.165, 1.54) is 30.7 Å². The van der Waals surface area contributed by atoms with Crippen LogP contribution in [0.15, 0.2) is 24.3 Å². The van der Waals surface area contributed by atoms with E-state index < -0.39 is 24.2 Å². The van der Waals surface area contributed by atoms with Gasteiger partial charge in [0.2, 0.25) is 11.8 Å². The highest BCUT2D eigenvalue weighted by molar-refractivity contribution is 5.86. The van der Waals surface area contributed by atoms with Crippen molar-refractivity contribution in [2.45, 2.75) is 45.1 Å². The maximum absolute atomic E-state index is 13.0. The van der Waals surface area contributed by atoms with Crippen molar-refractivity contribution in [3.8, 4) is 0 Å². The Bertz CT molecular complexity index is 627. The van der Waals surface area contributed by atoms with Crippen molar-refractivity contribution in [1.29, 1.82) is 0 Å². The third-order valence-corrected chi connectivity index (χ3v) is 4.60. The Kier molecular flexibility index (Phi) is 7.56. The summed E-state index contributed by atoms with van der Waals surface area (Å²) in [5.74, 6) is -1.84. The lowest BCUT2D eigenvalue weighted by Gasteiger charge is -2.23. The summed E-state index contributed by atoms with van der Waals surface area (Å²) in [4.78, 5) is 36.5. The fourth-order valence-electron chi connectivity index (χ4n) is 3.22. The minimum Gasteiger partial charge on any atom is -0.480 e. The molecule has 7 heteroatoms. The van der Waals surface area contributed by atoms with Gasteiger partial charge in [-0.2, -0.15) is 0 Å². The van der Waals surface area contributed by atoms with Gasteiger partial charge in [0.15, 0.2) is 0 Å². The molecule has 0 aromatic heterocycles. The number of rotatable bonds is 8. The summed E-state index contributed by atoms with van der Waals surface area (Å²) in [6, 6.07) is 5.51. The number of nitrogens with one attached hydrogen (secondary N) is 1. The molecule has 0 aliphatic heterocycles. The number of carbonyl (C=O) groups excluding carboxylic acids is 2. The maximum Gasteiger partial charge on any atom is 0.323 e. The lowest BCUT2D eigenvalue weighted by atomic mass is 9.87. The van der Waals surface area contributed by atoms with E-state index in [0.29, 0.717) is 17.9 Å². The molecule has 2 rings (SSSR count). The van der Waals surface area contributed by atoms with Gasteiger partial charge >= 0.3 is 5.97 Å². The van der Waals surface area contributed by atoms with Crippen molar-refractivity contribution in [1.82, 2.24) is 10.2 Å². The first-order valence-electron chi connectivity index (χ1n) is 8.94. The predicted molar refractivity (Wildman–Crippen MR) is 93.7 cm³/mol. The van der Waals surface area contributed by atoms with Crippen LogP contribution in [0, 0.1) is 11.7 Å². The topological polar surface area (TPSA) is 86.7 Å². The lowest BCUT2D eigenvalue weighted by Crippen LogP contribution is -2.42. The predicted octanol–water partition coefficient (Wildman–Crippen LogP) is 2.33. The standard InChI is InChI=1S/C19H25FN2O4/c20-16-8-6-15(7-9-16)12-22(13-19(25)26)18(24)11-21-17(23)10-14-4-2-1-3-5-14/h6-9,14H,1-5,10-13H2,(H,21,23)(H,25,26). The fourth-order valence-corrected chi connectivity index (χ4v) is 3.22. The first kappa shape index (κ1) is 19.9. The minimum absolute atomic E-state index is 0.0455. The van der Waals surface area contributed by atoms with Crippen molar-refractivity contribution in [2.24, 2.45) is 5.92 Å². The van der Waals surface area contributed by atoms with Crippen LogP contribution in [-0.2, 0) is 20.9 Å².